The van der Waals surface area contributed by atoms with E-state index in [9.17, 15) is 0 Å². The maximum Gasteiger partial charge on any atom is 0.119 e. The summed E-state index contributed by atoms with van der Waals surface area (Å²) in [5.41, 5.74) is 1.54. The van der Waals surface area contributed by atoms with E-state index < -0.39 is 0 Å². The molecule has 1 aromatic carbocycles. The smallest absolute Gasteiger partial charge is 0.119 e. The van der Waals surface area contributed by atoms with Crippen molar-refractivity contribution in [3.63, 3.8) is 0 Å². The molecule has 2 nitrogen and oxygen atoms in total. The van der Waals surface area contributed by atoms with Crippen LogP contribution in [-0.2, 0) is 5.41 Å². The van der Waals surface area contributed by atoms with Gasteiger partial charge in [-0.25, -0.2) is 0 Å². The molecule has 0 saturated heterocycles. The SMILES string of the molecule is CNC(C)COc1ccc(C(C)(C)C)cc1. The Hall–Kier alpha value is -1.02. The third-order valence-corrected chi connectivity index (χ3v) is 2.71. The fourth-order valence-electron chi connectivity index (χ4n) is 1.36. The molecule has 1 rings (SSSR count). The Kier molecular flexibility index (Phi) is 4.36. The molecule has 1 unspecified atom stereocenters. The van der Waals surface area contributed by atoms with Crippen LogP contribution in [0.4, 0.5) is 0 Å². The van der Waals surface area contributed by atoms with E-state index in [1.807, 2.05) is 19.2 Å². The van der Waals surface area contributed by atoms with Crippen molar-refractivity contribution in [2.24, 2.45) is 0 Å². The zero-order chi connectivity index (χ0) is 12.2. The van der Waals surface area contributed by atoms with Gasteiger partial charge in [-0.1, -0.05) is 32.9 Å². The number of ether oxygens (including phenoxy) is 1. The molecule has 1 atom stereocenters. The Labute approximate surface area is 99.0 Å². The van der Waals surface area contributed by atoms with Gasteiger partial charge in [0.2, 0.25) is 0 Å². The molecular weight excluding hydrogens is 198 g/mol. The molecule has 90 valence electrons. The highest BCUT2D eigenvalue weighted by molar-refractivity contribution is 5.31. The van der Waals surface area contributed by atoms with Gasteiger partial charge < -0.3 is 10.1 Å². The van der Waals surface area contributed by atoms with Gasteiger partial charge in [0, 0.05) is 6.04 Å². The summed E-state index contributed by atoms with van der Waals surface area (Å²) in [4.78, 5) is 0. The Balaban J connectivity index is 2.58. The fourth-order valence-corrected chi connectivity index (χ4v) is 1.36. The molecule has 0 radical (unpaired) electrons. The minimum absolute atomic E-state index is 0.205. The number of hydrogen-bond donors (Lipinski definition) is 1. The molecule has 0 saturated carbocycles. The zero-order valence-electron chi connectivity index (χ0n) is 11.0. The molecular formula is C14H23NO. The first-order valence-electron chi connectivity index (χ1n) is 5.84. The summed E-state index contributed by atoms with van der Waals surface area (Å²) in [6, 6.07) is 8.74. The monoisotopic (exact) mass is 221 g/mol. The van der Waals surface area contributed by atoms with Crippen molar-refractivity contribution < 1.29 is 4.74 Å². The lowest BCUT2D eigenvalue weighted by atomic mass is 9.87. The first-order chi connectivity index (χ1) is 7.43. The Morgan fingerprint density at radius 3 is 2.19 bits per heavy atom. The van der Waals surface area contributed by atoms with Gasteiger partial charge in [-0.15, -0.1) is 0 Å². The summed E-state index contributed by atoms with van der Waals surface area (Å²) in [7, 11) is 1.94. The highest BCUT2D eigenvalue weighted by atomic mass is 16.5. The van der Waals surface area contributed by atoms with E-state index in [-0.39, 0.29) is 5.41 Å². The second-order valence-corrected chi connectivity index (χ2v) is 5.28. The molecule has 0 aromatic heterocycles. The van der Waals surface area contributed by atoms with E-state index in [1.165, 1.54) is 5.56 Å². The molecule has 0 spiro atoms. The molecule has 0 fully saturated rings. The minimum atomic E-state index is 0.205. The predicted octanol–water partition coefficient (Wildman–Crippen LogP) is 2.97. The van der Waals surface area contributed by atoms with Crippen molar-refractivity contribution in [1.29, 1.82) is 0 Å². The third-order valence-electron chi connectivity index (χ3n) is 2.71. The van der Waals surface area contributed by atoms with E-state index >= 15 is 0 Å². The van der Waals surface area contributed by atoms with E-state index in [4.69, 9.17) is 4.74 Å². The summed E-state index contributed by atoms with van der Waals surface area (Å²) >= 11 is 0. The molecule has 0 aliphatic rings. The largest absolute Gasteiger partial charge is 0.492 e. The van der Waals surface area contributed by atoms with Gasteiger partial charge in [0.05, 0.1) is 0 Å². The lowest BCUT2D eigenvalue weighted by Crippen LogP contribution is -2.28. The van der Waals surface area contributed by atoms with Crippen LogP contribution in [0, 0.1) is 0 Å². The number of rotatable bonds is 4. The molecule has 2 heteroatoms. The molecule has 1 N–H and O–H groups in total. The molecule has 0 bridgehead atoms. The van der Waals surface area contributed by atoms with Gasteiger partial charge in [0.15, 0.2) is 0 Å². The van der Waals surface area contributed by atoms with Crippen molar-refractivity contribution in [3.8, 4) is 5.75 Å². The Bertz CT molecular complexity index is 311. The van der Waals surface area contributed by atoms with Crippen LogP contribution in [0.1, 0.15) is 33.3 Å². The van der Waals surface area contributed by atoms with Gasteiger partial charge >= 0.3 is 0 Å². The first-order valence-corrected chi connectivity index (χ1v) is 5.84. The highest BCUT2D eigenvalue weighted by Crippen LogP contribution is 2.24. The van der Waals surface area contributed by atoms with Crippen LogP contribution in [0.5, 0.6) is 5.75 Å². The van der Waals surface area contributed by atoms with Crippen molar-refractivity contribution in [2.75, 3.05) is 13.7 Å². The van der Waals surface area contributed by atoms with Gasteiger partial charge in [-0.3, -0.25) is 0 Å². The zero-order valence-corrected chi connectivity index (χ0v) is 11.0. The standard InChI is InChI=1S/C14H23NO/c1-11(15-5)10-16-13-8-6-12(7-9-13)14(2,3)4/h6-9,11,15H,10H2,1-5H3. The van der Waals surface area contributed by atoms with Crippen molar-refractivity contribution in [1.82, 2.24) is 5.32 Å². The van der Waals surface area contributed by atoms with Crippen LogP contribution in [0.15, 0.2) is 24.3 Å². The molecule has 0 aliphatic heterocycles. The quantitative estimate of drug-likeness (QED) is 0.844. The number of hydrogen-bond acceptors (Lipinski definition) is 2. The normalized spacial score (nSPS) is 13.6. The molecule has 16 heavy (non-hydrogen) atoms. The van der Waals surface area contributed by atoms with Crippen LogP contribution in [0.3, 0.4) is 0 Å². The summed E-state index contributed by atoms with van der Waals surface area (Å²) in [6.45, 7) is 9.44. The van der Waals surface area contributed by atoms with Gasteiger partial charge in [0.1, 0.15) is 12.4 Å². The van der Waals surface area contributed by atoms with E-state index in [1.54, 1.807) is 0 Å². The van der Waals surface area contributed by atoms with Crippen molar-refractivity contribution in [3.05, 3.63) is 29.8 Å². The molecule has 1 aromatic rings. The van der Waals surface area contributed by atoms with Crippen LogP contribution >= 0.6 is 0 Å². The van der Waals surface area contributed by atoms with Crippen molar-refractivity contribution >= 4 is 0 Å². The summed E-state index contributed by atoms with van der Waals surface area (Å²) in [5, 5.41) is 3.15. The maximum atomic E-state index is 5.66. The molecule has 0 heterocycles. The maximum absolute atomic E-state index is 5.66. The second kappa shape index (κ2) is 5.35. The molecule has 0 aliphatic carbocycles. The van der Waals surface area contributed by atoms with Crippen LogP contribution < -0.4 is 10.1 Å². The minimum Gasteiger partial charge on any atom is -0.492 e. The van der Waals surface area contributed by atoms with Gasteiger partial charge in [-0.05, 0) is 37.1 Å². The fraction of sp³-hybridized carbons (Fsp3) is 0.571. The van der Waals surface area contributed by atoms with E-state index in [0.29, 0.717) is 12.6 Å². The number of nitrogens with one attached hydrogen (secondary N) is 1. The highest BCUT2D eigenvalue weighted by Gasteiger charge is 2.12. The van der Waals surface area contributed by atoms with Crippen LogP contribution in [-0.4, -0.2) is 19.7 Å². The van der Waals surface area contributed by atoms with Crippen molar-refractivity contribution in [2.45, 2.75) is 39.2 Å². The average Bonchev–Trinajstić information content (AvgIpc) is 2.25. The summed E-state index contributed by atoms with van der Waals surface area (Å²) < 4.78 is 5.66. The van der Waals surface area contributed by atoms with Crippen LogP contribution in [0.2, 0.25) is 0 Å². The number of likely N-dealkylation sites (N-methyl/N-ethyl adjacent to an activating group) is 1. The number of benzene rings is 1. The first kappa shape index (κ1) is 13.0. The Morgan fingerprint density at radius 2 is 1.75 bits per heavy atom. The summed E-state index contributed by atoms with van der Waals surface area (Å²) in [5.74, 6) is 0.940. The van der Waals surface area contributed by atoms with Crippen LogP contribution in [0.25, 0.3) is 0 Å². The average molecular weight is 221 g/mol. The lowest BCUT2D eigenvalue weighted by Gasteiger charge is -2.19. The van der Waals surface area contributed by atoms with E-state index in [2.05, 4.69) is 45.1 Å². The van der Waals surface area contributed by atoms with Gasteiger partial charge in [-0.2, -0.15) is 0 Å². The molecule has 0 amide bonds. The third kappa shape index (κ3) is 3.86. The predicted molar refractivity (Wildman–Crippen MR) is 69.2 cm³/mol. The topological polar surface area (TPSA) is 21.3 Å². The summed E-state index contributed by atoms with van der Waals surface area (Å²) in [6.07, 6.45) is 0. The van der Waals surface area contributed by atoms with Gasteiger partial charge in [0.25, 0.3) is 0 Å². The second-order valence-electron chi connectivity index (χ2n) is 5.28. The Morgan fingerprint density at radius 1 is 1.19 bits per heavy atom. The lowest BCUT2D eigenvalue weighted by molar-refractivity contribution is 0.280. The van der Waals surface area contributed by atoms with E-state index in [0.717, 1.165) is 5.75 Å².